The Morgan fingerprint density at radius 1 is 0.667 bits per heavy atom. The molecule has 77 valence electrons. The molecule has 0 saturated carbocycles. The lowest BCUT2D eigenvalue weighted by atomic mass is 10.9. The molecule has 0 N–H and O–H groups in total. The third-order valence-electron chi connectivity index (χ3n) is 1.73. The van der Waals surface area contributed by atoms with Crippen molar-refractivity contribution in [1.82, 2.24) is 0 Å². The van der Waals surface area contributed by atoms with E-state index in [0.29, 0.717) is 0 Å². The number of hydrogen-bond donors (Lipinski definition) is 0. The summed E-state index contributed by atoms with van der Waals surface area (Å²) in [5, 5.41) is 4.48. The van der Waals surface area contributed by atoms with Gasteiger partial charge in [-0.2, -0.15) is 0 Å². The largest absolute Gasteiger partial charge is 0.261 e. The fourth-order valence-electron chi connectivity index (χ4n) is 0.866. The Hall–Kier alpha value is 2.22. The molecule has 0 bridgehead atoms. The minimum absolute atomic E-state index is 0. The zero-order valence-corrected chi connectivity index (χ0v) is 13.5. The highest BCUT2D eigenvalue weighted by molar-refractivity contribution is 6.58. The molecular weight excluding hydrogens is 268 g/mol. The first-order valence-corrected chi connectivity index (χ1v) is 5.80. The van der Waals surface area contributed by atoms with E-state index in [9.17, 15) is 0 Å². The van der Waals surface area contributed by atoms with Gasteiger partial charge in [-0.1, -0.05) is 36.6 Å². The van der Waals surface area contributed by atoms with Crippen LogP contribution in [0.15, 0.2) is 0 Å². The van der Waals surface area contributed by atoms with E-state index in [1.807, 2.05) is 0 Å². The second kappa shape index (κ2) is 29.2. The van der Waals surface area contributed by atoms with E-state index in [2.05, 4.69) is 20.8 Å². The van der Waals surface area contributed by atoms with Crippen molar-refractivity contribution >= 4 is 81.1 Å². The zero-order chi connectivity index (χ0) is 5.70. The van der Waals surface area contributed by atoms with Crippen molar-refractivity contribution in [3.63, 3.8) is 0 Å². The molecule has 0 nitrogen and oxygen atoms in total. The second-order valence-corrected chi connectivity index (χ2v) is 6.27. The molecule has 0 amide bonds. The van der Waals surface area contributed by atoms with Crippen LogP contribution in [-0.2, 0) is 0 Å². The lowest BCUT2D eigenvalue weighted by molar-refractivity contribution is 1.24. The van der Waals surface area contributed by atoms with Crippen LogP contribution in [0.3, 0.4) is 0 Å². The van der Waals surface area contributed by atoms with Gasteiger partial charge in [0.1, 0.15) is 0 Å². The Morgan fingerprint density at radius 3 is 0.833 bits per heavy atom. The van der Waals surface area contributed by atoms with Crippen molar-refractivity contribution in [3.05, 3.63) is 0 Å². The van der Waals surface area contributed by atoms with Crippen LogP contribution in [0.25, 0.3) is 0 Å². The van der Waals surface area contributed by atoms with Crippen molar-refractivity contribution < 1.29 is 0 Å². The summed E-state index contributed by atoms with van der Waals surface area (Å²) < 4.78 is 0. The minimum atomic E-state index is -0.171. The van der Waals surface area contributed by atoms with Crippen LogP contribution in [0.5, 0.6) is 0 Å². The first-order valence-electron chi connectivity index (χ1n) is 3.35. The van der Waals surface area contributed by atoms with E-state index in [1.54, 1.807) is 0 Å². The van der Waals surface area contributed by atoms with E-state index < -0.39 is 0 Å². The molecule has 0 unspecified atom stereocenters. The van der Waals surface area contributed by atoms with Gasteiger partial charge < -0.3 is 0 Å². The fraction of sp³-hybridized carbons (Fsp3) is 1.00. The Bertz CT molecular complexity index is 39.0. The van der Waals surface area contributed by atoms with Gasteiger partial charge in [0, 0.05) is 17.4 Å². The molecule has 0 atom stereocenters. The van der Waals surface area contributed by atoms with Gasteiger partial charge in [-0.05, 0) is 0 Å². The van der Waals surface area contributed by atoms with Crippen molar-refractivity contribution in [3.8, 4) is 0 Å². The number of halogens is 4. The van der Waals surface area contributed by atoms with Gasteiger partial charge in [-0.3, -0.25) is 0 Å². The molecule has 6 heteroatoms. The third-order valence-corrected chi connectivity index (χ3v) is 5.20. The fourth-order valence-corrected chi connectivity index (χ4v) is 2.60. The van der Waals surface area contributed by atoms with Crippen LogP contribution in [0.4, 0.5) is 0 Å². The standard InChI is InChI=1S/3C2H5.2Al.4ClH/c3*1-2;;;;;;/h3*1H2,2H3;;;4*1H. The molecule has 12 heavy (non-hydrogen) atoms. The summed E-state index contributed by atoms with van der Waals surface area (Å²) in [6.45, 7) is 6.97. The van der Waals surface area contributed by atoms with E-state index in [1.165, 1.54) is 15.8 Å². The van der Waals surface area contributed by atoms with Crippen LogP contribution >= 0.6 is 49.6 Å². The molecule has 0 aliphatic carbocycles. The molecule has 0 aliphatic rings. The van der Waals surface area contributed by atoms with E-state index in [4.69, 9.17) is 0 Å². The van der Waals surface area contributed by atoms with Crippen LogP contribution in [-0.4, -0.2) is 31.5 Å². The van der Waals surface area contributed by atoms with Gasteiger partial charge in [0.25, 0.3) is 14.1 Å². The summed E-state index contributed by atoms with van der Waals surface area (Å²) in [7, 11) is 0. The normalized spacial score (nSPS) is 5.25. The Kier molecular flexibility index (Phi) is 89.5. The maximum Gasteiger partial charge on any atom is 0.261 e. The Morgan fingerprint density at radius 2 is 0.833 bits per heavy atom. The quantitative estimate of drug-likeness (QED) is 0.692. The maximum absolute atomic E-state index is 2.32. The molecule has 0 spiro atoms. The monoisotopic (exact) mass is 285 g/mol. The minimum Gasteiger partial charge on any atom is -0.147 e. The average molecular weight is 287 g/mol. The Labute approximate surface area is 117 Å². The van der Waals surface area contributed by atoms with Gasteiger partial charge in [0.2, 0.25) is 0 Å². The van der Waals surface area contributed by atoms with Gasteiger partial charge in [-0.15, -0.1) is 49.6 Å². The summed E-state index contributed by atoms with van der Waals surface area (Å²) in [5.41, 5.74) is 0. The summed E-state index contributed by atoms with van der Waals surface area (Å²) in [5.74, 6) is 0. The first-order chi connectivity index (χ1) is 3.35. The van der Waals surface area contributed by atoms with Crippen molar-refractivity contribution in [2.24, 2.45) is 0 Å². The summed E-state index contributed by atoms with van der Waals surface area (Å²) >= 11 is -0.171. The number of hydrogen-bond acceptors (Lipinski definition) is 0. The predicted molar refractivity (Wildman–Crippen MR) is 71.9 cm³/mol. The molecule has 3 radical (unpaired) electrons. The van der Waals surface area contributed by atoms with Crippen molar-refractivity contribution in [2.45, 2.75) is 36.6 Å². The van der Waals surface area contributed by atoms with E-state index in [-0.39, 0.29) is 81.1 Å². The van der Waals surface area contributed by atoms with Crippen LogP contribution < -0.4 is 0 Å². The smallest absolute Gasteiger partial charge is 0.147 e. The molecule has 0 aromatic carbocycles. The molecule has 0 rings (SSSR count). The molecular formula is C6H19Al2Cl4. The highest BCUT2D eigenvalue weighted by Gasteiger charge is 2.05. The van der Waals surface area contributed by atoms with Crippen LogP contribution in [0.1, 0.15) is 20.8 Å². The third kappa shape index (κ3) is 22.8. The van der Waals surface area contributed by atoms with Gasteiger partial charge >= 0.3 is 0 Å². The summed E-state index contributed by atoms with van der Waals surface area (Å²) in [4.78, 5) is 0. The van der Waals surface area contributed by atoms with E-state index >= 15 is 0 Å². The molecule has 0 aromatic heterocycles. The van der Waals surface area contributed by atoms with Crippen molar-refractivity contribution in [2.75, 3.05) is 0 Å². The SMILES string of the molecule is C[CH2][Al]([CH2]C)[CH2]C.Cl.Cl.Cl.Cl.[Al]. The zero-order valence-electron chi connectivity index (χ0n) is 7.91. The van der Waals surface area contributed by atoms with Crippen LogP contribution in [0, 0.1) is 0 Å². The first kappa shape index (κ1) is 36.8. The molecule has 0 aliphatic heterocycles. The summed E-state index contributed by atoms with van der Waals surface area (Å²) in [6, 6.07) is 0. The van der Waals surface area contributed by atoms with E-state index in [0.717, 1.165) is 0 Å². The highest BCUT2D eigenvalue weighted by Crippen LogP contribution is 2.01. The number of rotatable bonds is 3. The van der Waals surface area contributed by atoms with Gasteiger partial charge in [-0.25, -0.2) is 0 Å². The highest BCUT2D eigenvalue weighted by atomic mass is 35.5. The molecule has 0 heterocycles. The summed E-state index contributed by atoms with van der Waals surface area (Å²) in [6.07, 6.45) is 0. The molecule has 0 fully saturated rings. The topological polar surface area (TPSA) is 0 Å². The Balaban J connectivity index is -0.0000000180. The molecule has 0 aromatic rings. The van der Waals surface area contributed by atoms with Gasteiger partial charge in [0.05, 0.1) is 0 Å². The lowest BCUT2D eigenvalue weighted by Crippen LogP contribution is -2.04. The van der Waals surface area contributed by atoms with Gasteiger partial charge in [0.15, 0.2) is 0 Å². The average Bonchev–Trinajstić information content (AvgIpc) is 1.72. The second-order valence-electron chi connectivity index (χ2n) is 2.09. The van der Waals surface area contributed by atoms with Crippen molar-refractivity contribution in [1.29, 1.82) is 0 Å². The van der Waals surface area contributed by atoms with Crippen LogP contribution in [0.2, 0.25) is 15.8 Å². The molecule has 0 saturated heterocycles. The predicted octanol–water partition coefficient (Wildman–Crippen LogP) is 3.85. The maximum atomic E-state index is 2.32. The lowest BCUT2D eigenvalue weighted by Gasteiger charge is -1.97.